The maximum atomic E-state index is 5.71. The summed E-state index contributed by atoms with van der Waals surface area (Å²) in [5.41, 5.74) is 2.66. The Labute approximate surface area is 129 Å². The minimum Gasteiger partial charge on any atom is -0.492 e. The summed E-state index contributed by atoms with van der Waals surface area (Å²) in [5, 5.41) is 3.49. The van der Waals surface area contributed by atoms with Crippen molar-refractivity contribution in [1.82, 2.24) is 5.32 Å². The number of hydrogen-bond acceptors (Lipinski definition) is 2. The second-order valence-electron chi connectivity index (χ2n) is 4.84. The Bertz CT molecular complexity index is 556. The number of ether oxygens (including phenoxy) is 1. The second kappa shape index (κ2) is 7.46. The van der Waals surface area contributed by atoms with Gasteiger partial charge in [0.2, 0.25) is 0 Å². The molecule has 0 fully saturated rings. The van der Waals surface area contributed by atoms with Crippen molar-refractivity contribution in [2.75, 3.05) is 13.2 Å². The fourth-order valence-corrected chi connectivity index (χ4v) is 2.56. The van der Waals surface area contributed by atoms with Crippen molar-refractivity contribution >= 4 is 15.9 Å². The molecule has 20 heavy (non-hydrogen) atoms. The molecule has 3 heteroatoms. The van der Waals surface area contributed by atoms with E-state index in [1.807, 2.05) is 24.3 Å². The maximum absolute atomic E-state index is 5.71. The maximum Gasteiger partial charge on any atom is 0.120 e. The molecule has 0 bridgehead atoms. The molecule has 0 spiro atoms. The third kappa shape index (κ3) is 4.36. The van der Waals surface area contributed by atoms with Crippen molar-refractivity contribution in [3.8, 4) is 5.75 Å². The van der Waals surface area contributed by atoms with Crippen LogP contribution in [0.25, 0.3) is 0 Å². The third-order valence-electron chi connectivity index (χ3n) is 3.27. The van der Waals surface area contributed by atoms with Gasteiger partial charge in [-0.15, -0.1) is 0 Å². The first-order valence-electron chi connectivity index (χ1n) is 6.84. The highest BCUT2D eigenvalue weighted by Crippen LogP contribution is 2.18. The SMILES string of the molecule is Cc1ccccc1C(C)NCCOc1cccc(Br)c1. The van der Waals surface area contributed by atoms with Crippen LogP contribution in [0, 0.1) is 6.92 Å². The van der Waals surface area contributed by atoms with Crippen LogP contribution in [-0.4, -0.2) is 13.2 Å². The van der Waals surface area contributed by atoms with Gasteiger partial charge in [0.05, 0.1) is 0 Å². The standard InChI is InChI=1S/C17H20BrNO/c1-13-6-3-4-9-17(13)14(2)19-10-11-20-16-8-5-7-15(18)12-16/h3-9,12,14,19H,10-11H2,1-2H3. The minimum absolute atomic E-state index is 0.335. The molecule has 2 aromatic rings. The lowest BCUT2D eigenvalue weighted by Gasteiger charge is -2.16. The molecule has 0 aliphatic rings. The summed E-state index contributed by atoms with van der Waals surface area (Å²) in [6.45, 7) is 5.81. The van der Waals surface area contributed by atoms with Crippen LogP contribution in [0.5, 0.6) is 5.75 Å². The van der Waals surface area contributed by atoms with Crippen molar-refractivity contribution < 1.29 is 4.74 Å². The van der Waals surface area contributed by atoms with E-state index >= 15 is 0 Å². The van der Waals surface area contributed by atoms with Gasteiger partial charge in [-0.25, -0.2) is 0 Å². The fourth-order valence-electron chi connectivity index (χ4n) is 2.18. The molecule has 0 aromatic heterocycles. The zero-order valence-corrected chi connectivity index (χ0v) is 13.5. The molecule has 0 aliphatic heterocycles. The average molecular weight is 334 g/mol. The zero-order valence-electron chi connectivity index (χ0n) is 11.9. The molecule has 2 rings (SSSR count). The van der Waals surface area contributed by atoms with Crippen LogP contribution in [0.4, 0.5) is 0 Å². The van der Waals surface area contributed by atoms with E-state index in [2.05, 4.69) is 59.4 Å². The van der Waals surface area contributed by atoms with Crippen molar-refractivity contribution in [1.29, 1.82) is 0 Å². The van der Waals surface area contributed by atoms with Gasteiger partial charge in [-0.3, -0.25) is 0 Å². The van der Waals surface area contributed by atoms with Crippen LogP contribution in [-0.2, 0) is 0 Å². The van der Waals surface area contributed by atoms with Crippen molar-refractivity contribution in [3.63, 3.8) is 0 Å². The van der Waals surface area contributed by atoms with E-state index in [9.17, 15) is 0 Å². The van der Waals surface area contributed by atoms with Crippen LogP contribution in [0.15, 0.2) is 53.0 Å². The number of aryl methyl sites for hydroxylation is 1. The first-order valence-corrected chi connectivity index (χ1v) is 7.63. The molecule has 0 saturated carbocycles. The highest BCUT2D eigenvalue weighted by atomic mass is 79.9. The first kappa shape index (κ1) is 15.1. The largest absolute Gasteiger partial charge is 0.492 e. The smallest absolute Gasteiger partial charge is 0.120 e. The van der Waals surface area contributed by atoms with Crippen molar-refractivity contribution in [2.45, 2.75) is 19.9 Å². The van der Waals surface area contributed by atoms with E-state index in [4.69, 9.17) is 4.74 Å². The Morgan fingerprint density at radius 1 is 1.15 bits per heavy atom. The molecule has 1 unspecified atom stereocenters. The molecule has 106 valence electrons. The molecular weight excluding hydrogens is 314 g/mol. The van der Waals surface area contributed by atoms with Gasteiger partial charge in [-0.05, 0) is 43.2 Å². The summed E-state index contributed by atoms with van der Waals surface area (Å²) in [6, 6.07) is 16.7. The summed E-state index contributed by atoms with van der Waals surface area (Å²) in [7, 11) is 0. The Morgan fingerprint density at radius 3 is 2.70 bits per heavy atom. The lowest BCUT2D eigenvalue weighted by Crippen LogP contribution is -2.24. The topological polar surface area (TPSA) is 21.3 Å². The lowest BCUT2D eigenvalue weighted by molar-refractivity contribution is 0.307. The number of halogens is 1. The number of rotatable bonds is 6. The van der Waals surface area contributed by atoms with Gasteiger partial charge >= 0.3 is 0 Å². The monoisotopic (exact) mass is 333 g/mol. The lowest BCUT2D eigenvalue weighted by atomic mass is 10.0. The normalized spacial score (nSPS) is 12.2. The van der Waals surface area contributed by atoms with Crippen LogP contribution in [0.3, 0.4) is 0 Å². The van der Waals surface area contributed by atoms with E-state index in [-0.39, 0.29) is 0 Å². The predicted molar refractivity (Wildman–Crippen MR) is 87.2 cm³/mol. The van der Waals surface area contributed by atoms with Gasteiger partial charge in [-0.2, -0.15) is 0 Å². The van der Waals surface area contributed by atoms with Gasteiger partial charge in [-0.1, -0.05) is 46.3 Å². The molecular formula is C17H20BrNO. The van der Waals surface area contributed by atoms with Crippen LogP contribution < -0.4 is 10.1 Å². The number of benzene rings is 2. The van der Waals surface area contributed by atoms with Gasteiger partial charge < -0.3 is 10.1 Å². The molecule has 0 radical (unpaired) electrons. The van der Waals surface area contributed by atoms with Crippen LogP contribution in [0.1, 0.15) is 24.1 Å². The number of hydrogen-bond donors (Lipinski definition) is 1. The van der Waals surface area contributed by atoms with E-state index < -0.39 is 0 Å². The average Bonchev–Trinajstić information content (AvgIpc) is 2.44. The highest BCUT2D eigenvalue weighted by molar-refractivity contribution is 9.10. The van der Waals surface area contributed by atoms with Gasteiger partial charge in [0, 0.05) is 17.1 Å². The molecule has 2 nitrogen and oxygen atoms in total. The molecule has 0 saturated heterocycles. The molecule has 0 amide bonds. The molecule has 1 atom stereocenters. The Kier molecular flexibility index (Phi) is 5.62. The van der Waals surface area contributed by atoms with E-state index in [0.29, 0.717) is 12.6 Å². The Hall–Kier alpha value is -1.32. The summed E-state index contributed by atoms with van der Waals surface area (Å²) in [5.74, 6) is 0.893. The minimum atomic E-state index is 0.335. The Balaban J connectivity index is 1.77. The molecule has 2 aromatic carbocycles. The van der Waals surface area contributed by atoms with Crippen molar-refractivity contribution in [3.05, 3.63) is 64.1 Å². The predicted octanol–water partition coefficient (Wildman–Crippen LogP) is 4.49. The van der Waals surface area contributed by atoms with E-state index in [1.54, 1.807) is 0 Å². The van der Waals surface area contributed by atoms with Gasteiger partial charge in [0.15, 0.2) is 0 Å². The highest BCUT2D eigenvalue weighted by Gasteiger charge is 2.06. The summed E-state index contributed by atoms with van der Waals surface area (Å²) >= 11 is 3.44. The summed E-state index contributed by atoms with van der Waals surface area (Å²) in [6.07, 6.45) is 0. The molecule has 0 aliphatic carbocycles. The molecule has 0 heterocycles. The van der Waals surface area contributed by atoms with E-state index in [1.165, 1.54) is 11.1 Å². The third-order valence-corrected chi connectivity index (χ3v) is 3.77. The van der Waals surface area contributed by atoms with Crippen LogP contribution >= 0.6 is 15.9 Å². The number of nitrogens with one attached hydrogen (secondary N) is 1. The Morgan fingerprint density at radius 2 is 1.95 bits per heavy atom. The first-order chi connectivity index (χ1) is 9.66. The second-order valence-corrected chi connectivity index (χ2v) is 5.75. The van der Waals surface area contributed by atoms with E-state index in [0.717, 1.165) is 16.8 Å². The fraction of sp³-hybridized carbons (Fsp3) is 0.294. The quantitative estimate of drug-likeness (QED) is 0.786. The summed E-state index contributed by atoms with van der Waals surface area (Å²) in [4.78, 5) is 0. The van der Waals surface area contributed by atoms with Crippen LogP contribution in [0.2, 0.25) is 0 Å². The van der Waals surface area contributed by atoms with Crippen molar-refractivity contribution in [2.24, 2.45) is 0 Å². The summed E-state index contributed by atoms with van der Waals surface area (Å²) < 4.78 is 6.75. The zero-order chi connectivity index (χ0) is 14.4. The molecule has 1 N–H and O–H groups in total. The van der Waals surface area contributed by atoms with Gasteiger partial charge in [0.25, 0.3) is 0 Å². The van der Waals surface area contributed by atoms with Gasteiger partial charge in [0.1, 0.15) is 12.4 Å².